The summed E-state index contributed by atoms with van der Waals surface area (Å²) in [5.41, 5.74) is 0.575. The fraction of sp³-hybridized carbons (Fsp3) is 0.273. The molecule has 0 radical (unpaired) electrons. The molecule has 4 N–H and O–H groups in total. The van der Waals surface area contributed by atoms with Gasteiger partial charge in [-0.2, -0.15) is 0 Å². The highest BCUT2D eigenvalue weighted by atomic mass is 32.2. The summed E-state index contributed by atoms with van der Waals surface area (Å²) >= 11 is 1.18. The number of aromatic nitrogens is 1. The lowest BCUT2D eigenvalue weighted by molar-refractivity contribution is -0.139. The van der Waals surface area contributed by atoms with Crippen LogP contribution in [0.15, 0.2) is 42.7 Å². The zero-order valence-electron chi connectivity index (χ0n) is 18.0. The molecule has 2 rings (SSSR count). The van der Waals surface area contributed by atoms with E-state index in [9.17, 15) is 28.4 Å². The number of thioether (sulfide) groups is 1. The van der Waals surface area contributed by atoms with Crippen molar-refractivity contribution in [3.8, 4) is 0 Å². The highest BCUT2D eigenvalue weighted by molar-refractivity contribution is 7.99. The first-order chi connectivity index (χ1) is 16.1. The molecule has 10 nitrogen and oxygen atoms in total. The number of nitrogens with zero attached hydrogens (tertiary/aromatic N) is 1. The molecule has 1 heterocycles. The van der Waals surface area contributed by atoms with Gasteiger partial charge in [0.05, 0.1) is 29.3 Å². The summed E-state index contributed by atoms with van der Waals surface area (Å²) in [6.45, 7) is 1.26. The molecule has 0 fully saturated rings. The fourth-order valence-electron chi connectivity index (χ4n) is 2.64. The number of hydrogen-bond donors (Lipinski definition) is 4. The van der Waals surface area contributed by atoms with E-state index < -0.39 is 48.0 Å². The number of benzene rings is 1. The standard InChI is InChI=1S/C22H22FN3O7S/c1-12(22(32)33)25-20(30)14-6-15(9-24-8-14)21(31)26-17(7-19(28)29)18(27)11-34-10-13-2-4-16(23)5-3-13/h2-6,8-9,12,17H,7,10-11H2,1H3,(H,25,30)(H,26,31)(H,28,29)(H,32,33)/t12?,17-/m0/s1. The van der Waals surface area contributed by atoms with Crippen molar-refractivity contribution in [3.05, 3.63) is 65.2 Å². The van der Waals surface area contributed by atoms with Crippen LogP contribution in [0.4, 0.5) is 4.39 Å². The molecule has 2 aromatic rings. The smallest absolute Gasteiger partial charge is 0.325 e. The second kappa shape index (κ2) is 12.4. The Hall–Kier alpha value is -3.80. The lowest BCUT2D eigenvalue weighted by Crippen LogP contribution is -2.43. The molecular weight excluding hydrogens is 469 g/mol. The van der Waals surface area contributed by atoms with Crippen LogP contribution in [0.3, 0.4) is 0 Å². The van der Waals surface area contributed by atoms with Gasteiger partial charge in [-0.1, -0.05) is 12.1 Å². The van der Waals surface area contributed by atoms with Crippen molar-refractivity contribution in [1.82, 2.24) is 15.6 Å². The summed E-state index contributed by atoms with van der Waals surface area (Å²) in [7, 11) is 0. The molecule has 1 aromatic carbocycles. The largest absolute Gasteiger partial charge is 0.481 e. The Morgan fingerprint density at radius 1 is 1.00 bits per heavy atom. The number of Topliss-reactive ketones (excluding diaryl/α,β-unsaturated/α-hetero) is 1. The molecule has 12 heteroatoms. The summed E-state index contributed by atoms with van der Waals surface area (Å²) in [5.74, 6) is -4.76. The molecule has 0 aliphatic carbocycles. The van der Waals surface area contributed by atoms with E-state index in [-0.39, 0.29) is 22.7 Å². The van der Waals surface area contributed by atoms with Gasteiger partial charge < -0.3 is 20.8 Å². The van der Waals surface area contributed by atoms with E-state index in [2.05, 4.69) is 15.6 Å². The van der Waals surface area contributed by atoms with Crippen molar-refractivity contribution < 1.29 is 38.6 Å². The number of carbonyl (C=O) groups excluding carboxylic acids is 3. The number of halogens is 1. The predicted octanol–water partition coefficient (Wildman–Crippen LogP) is 1.50. The van der Waals surface area contributed by atoms with Gasteiger partial charge in [0.2, 0.25) is 0 Å². The number of amides is 2. The molecule has 0 saturated heterocycles. The number of rotatable bonds is 12. The molecule has 180 valence electrons. The van der Waals surface area contributed by atoms with Crippen LogP contribution in [0.1, 0.15) is 39.6 Å². The van der Waals surface area contributed by atoms with Gasteiger partial charge in [-0.25, -0.2) is 4.39 Å². The van der Waals surface area contributed by atoms with E-state index in [1.165, 1.54) is 30.8 Å². The average molecular weight is 491 g/mol. The van der Waals surface area contributed by atoms with E-state index in [1.807, 2.05) is 0 Å². The van der Waals surface area contributed by atoms with Crippen molar-refractivity contribution in [2.45, 2.75) is 31.2 Å². The number of ketones is 1. The monoisotopic (exact) mass is 491 g/mol. The highest BCUT2D eigenvalue weighted by Crippen LogP contribution is 2.14. The summed E-state index contributed by atoms with van der Waals surface area (Å²) in [6, 6.07) is 4.36. The van der Waals surface area contributed by atoms with Crippen molar-refractivity contribution in [2.75, 3.05) is 5.75 Å². The number of pyridine rings is 1. The quantitative estimate of drug-likeness (QED) is 0.344. The third-order valence-electron chi connectivity index (χ3n) is 4.48. The maximum Gasteiger partial charge on any atom is 0.325 e. The summed E-state index contributed by atoms with van der Waals surface area (Å²) in [5, 5.41) is 22.6. The van der Waals surface area contributed by atoms with Crippen LogP contribution in [-0.4, -0.2) is 62.6 Å². The van der Waals surface area contributed by atoms with Gasteiger partial charge in [0.25, 0.3) is 11.8 Å². The third kappa shape index (κ3) is 8.28. The van der Waals surface area contributed by atoms with Gasteiger partial charge in [-0.05, 0) is 30.7 Å². The zero-order valence-corrected chi connectivity index (χ0v) is 18.8. The van der Waals surface area contributed by atoms with Gasteiger partial charge in [-0.15, -0.1) is 11.8 Å². The van der Waals surface area contributed by atoms with Gasteiger partial charge in [0.1, 0.15) is 11.9 Å². The summed E-state index contributed by atoms with van der Waals surface area (Å²) in [4.78, 5) is 63.2. The van der Waals surface area contributed by atoms with Crippen molar-refractivity contribution >= 4 is 41.3 Å². The number of carboxylic acids is 2. The maximum absolute atomic E-state index is 13.0. The Morgan fingerprint density at radius 2 is 1.59 bits per heavy atom. The normalized spacial score (nSPS) is 12.3. The molecule has 0 spiro atoms. The Labute approximate surface area is 198 Å². The van der Waals surface area contributed by atoms with Crippen LogP contribution in [0, 0.1) is 5.82 Å². The lowest BCUT2D eigenvalue weighted by atomic mass is 10.1. The van der Waals surface area contributed by atoms with Crippen LogP contribution in [0.25, 0.3) is 0 Å². The van der Waals surface area contributed by atoms with E-state index in [4.69, 9.17) is 10.2 Å². The van der Waals surface area contributed by atoms with Crippen LogP contribution >= 0.6 is 11.8 Å². The number of carbonyl (C=O) groups is 5. The van der Waals surface area contributed by atoms with Crippen molar-refractivity contribution in [2.24, 2.45) is 0 Å². The minimum atomic E-state index is -1.32. The topological polar surface area (TPSA) is 163 Å². The third-order valence-corrected chi connectivity index (χ3v) is 5.51. The van der Waals surface area contributed by atoms with E-state index in [0.29, 0.717) is 5.75 Å². The first-order valence-electron chi connectivity index (χ1n) is 9.93. The molecule has 1 unspecified atom stereocenters. The molecule has 2 atom stereocenters. The van der Waals surface area contributed by atoms with Crippen molar-refractivity contribution in [1.29, 1.82) is 0 Å². The fourth-order valence-corrected chi connectivity index (χ4v) is 3.57. The van der Waals surface area contributed by atoms with E-state index in [0.717, 1.165) is 24.0 Å². The second-order valence-corrected chi connectivity index (χ2v) is 8.19. The average Bonchev–Trinajstić information content (AvgIpc) is 2.79. The summed E-state index contributed by atoms with van der Waals surface area (Å²) in [6.07, 6.45) is 1.61. The van der Waals surface area contributed by atoms with Crippen molar-refractivity contribution in [3.63, 3.8) is 0 Å². The molecule has 0 aliphatic heterocycles. The SMILES string of the molecule is CC(NC(=O)c1cncc(C(=O)N[C@@H](CC(=O)O)C(=O)CSCc2ccc(F)cc2)c1)C(=O)O. The van der Waals surface area contributed by atoms with Gasteiger partial charge >= 0.3 is 11.9 Å². The first kappa shape index (κ1) is 26.5. The molecule has 0 aliphatic rings. The van der Waals surface area contributed by atoms with Crippen LogP contribution in [0.2, 0.25) is 0 Å². The number of nitrogens with one attached hydrogen (secondary N) is 2. The lowest BCUT2D eigenvalue weighted by Gasteiger charge is -2.16. The molecular formula is C22H22FN3O7S. The number of hydrogen-bond acceptors (Lipinski definition) is 7. The van der Waals surface area contributed by atoms with Gasteiger partial charge in [0, 0.05) is 18.1 Å². The number of aliphatic carboxylic acids is 2. The maximum atomic E-state index is 13.0. The zero-order chi connectivity index (χ0) is 25.3. The molecule has 34 heavy (non-hydrogen) atoms. The molecule has 0 saturated carbocycles. The van der Waals surface area contributed by atoms with Gasteiger partial charge in [0.15, 0.2) is 5.78 Å². The van der Waals surface area contributed by atoms with Crippen LogP contribution < -0.4 is 10.6 Å². The Morgan fingerprint density at radius 3 is 2.15 bits per heavy atom. The Kier molecular flexibility index (Phi) is 9.68. The highest BCUT2D eigenvalue weighted by Gasteiger charge is 2.25. The van der Waals surface area contributed by atoms with Gasteiger partial charge in [-0.3, -0.25) is 29.0 Å². The summed E-state index contributed by atoms with van der Waals surface area (Å²) < 4.78 is 13.0. The Bertz CT molecular complexity index is 1080. The molecule has 2 amide bonds. The number of carboxylic acid groups (broad SMARTS) is 2. The Balaban J connectivity index is 2.03. The molecule has 1 aromatic heterocycles. The second-order valence-electron chi connectivity index (χ2n) is 7.21. The van der Waals surface area contributed by atoms with Crippen LogP contribution in [-0.2, 0) is 20.1 Å². The predicted molar refractivity (Wildman–Crippen MR) is 120 cm³/mol. The molecule has 0 bridgehead atoms. The van der Waals surface area contributed by atoms with Crippen LogP contribution in [0.5, 0.6) is 0 Å². The van der Waals surface area contributed by atoms with E-state index in [1.54, 1.807) is 12.1 Å². The first-order valence-corrected chi connectivity index (χ1v) is 11.1. The minimum Gasteiger partial charge on any atom is -0.481 e. The van der Waals surface area contributed by atoms with E-state index >= 15 is 0 Å². The minimum absolute atomic E-state index is 0.0864.